The number of aromatic nitrogens is 3. The summed E-state index contributed by atoms with van der Waals surface area (Å²) in [5.41, 5.74) is 4.77. The average Bonchev–Trinajstić information content (AvgIpc) is 3.08. The first-order valence-corrected chi connectivity index (χ1v) is 8.79. The first-order chi connectivity index (χ1) is 12.4. The summed E-state index contributed by atoms with van der Waals surface area (Å²) >= 11 is 0. The van der Waals surface area contributed by atoms with Crippen LogP contribution in [0.15, 0.2) is 36.8 Å². The minimum atomic E-state index is -0.476. The van der Waals surface area contributed by atoms with Gasteiger partial charge < -0.3 is 14.6 Å². The number of hydrogen-bond donors (Lipinski definition) is 1. The van der Waals surface area contributed by atoms with Crippen LogP contribution in [0.25, 0.3) is 22.3 Å². The SMILES string of the molecule is CC(C)(C)OC(=O)N1CCc2cc(-c3ncnc4[nH]ccc34)ccc2C1. The Bertz CT molecular complexity index is 971. The molecule has 0 spiro atoms. The molecule has 0 unspecified atom stereocenters. The van der Waals surface area contributed by atoms with Gasteiger partial charge in [-0.2, -0.15) is 0 Å². The topological polar surface area (TPSA) is 71.1 Å². The van der Waals surface area contributed by atoms with E-state index in [2.05, 4.69) is 33.2 Å². The number of carbonyl (C=O) groups is 1. The highest BCUT2D eigenvalue weighted by molar-refractivity contribution is 5.90. The van der Waals surface area contributed by atoms with Crippen LogP contribution in [0.1, 0.15) is 31.9 Å². The largest absolute Gasteiger partial charge is 0.444 e. The molecule has 6 heteroatoms. The normalized spacial score (nSPS) is 14.3. The number of ether oxygens (including phenoxy) is 1. The number of hydrogen-bond acceptors (Lipinski definition) is 4. The van der Waals surface area contributed by atoms with Crippen molar-refractivity contribution in [3.63, 3.8) is 0 Å². The Kier molecular flexibility index (Phi) is 3.90. The van der Waals surface area contributed by atoms with Crippen molar-refractivity contribution in [1.29, 1.82) is 0 Å². The van der Waals surface area contributed by atoms with Crippen molar-refractivity contribution in [3.8, 4) is 11.3 Å². The van der Waals surface area contributed by atoms with E-state index in [0.717, 1.165) is 34.3 Å². The van der Waals surface area contributed by atoms with Crippen LogP contribution in [0.3, 0.4) is 0 Å². The van der Waals surface area contributed by atoms with Gasteiger partial charge in [0.05, 0.1) is 5.69 Å². The molecule has 0 aliphatic carbocycles. The van der Waals surface area contributed by atoms with E-state index in [4.69, 9.17) is 4.74 Å². The third-order valence-corrected chi connectivity index (χ3v) is 4.50. The van der Waals surface area contributed by atoms with E-state index in [1.807, 2.05) is 33.0 Å². The van der Waals surface area contributed by atoms with Gasteiger partial charge in [0.2, 0.25) is 0 Å². The molecule has 26 heavy (non-hydrogen) atoms. The average molecular weight is 350 g/mol. The molecular weight excluding hydrogens is 328 g/mol. The van der Waals surface area contributed by atoms with Crippen molar-refractivity contribution < 1.29 is 9.53 Å². The monoisotopic (exact) mass is 350 g/mol. The zero-order valence-corrected chi connectivity index (χ0v) is 15.2. The molecule has 3 aromatic rings. The van der Waals surface area contributed by atoms with Crippen molar-refractivity contribution >= 4 is 17.1 Å². The van der Waals surface area contributed by atoms with Gasteiger partial charge in [0, 0.05) is 30.2 Å². The van der Waals surface area contributed by atoms with Crippen molar-refractivity contribution in [2.45, 2.75) is 39.3 Å². The molecule has 2 aromatic heterocycles. The van der Waals surface area contributed by atoms with E-state index in [0.29, 0.717) is 13.1 Å². The van der Waals surface area contributed by atoms with Crippen molar-refractivity contribution in [1.82, 2.24) is 19.9 Å². The number of benzene rings is 1. The Balaban J connectivity index is 1.60. The highest BCUT2D eigenvalue weighted by atomic mass is 16.6. The molecule has 0 saturated heterocycles. The predicted molar refractivity (Wildman–Crippen MR) is 99.7 cm³/mol. The number of rotatable bonds is 1. The summed E-state index contributed by atoms with van der Waals surface area (Å²) in [4.78, 5) is 25.9. The predicted octanol–water partition coefficient (Wildman–Crippen LogP) is 3.92. The van der Waals surface area contributed by atoms with Gasteiger partial charge in [-0.25, -0.2) is 14.8 Å². The maximum atomic E-state index is 12.3. The van der Waals surface area contributed by atoms with E-state index >= 15 is 0 Å². The highest BCUT2D eigenvalue weighted by Crippen LogP contribution is 2.29. The van der Waals surface area contributed by atoms with Gasteiger partial charge in [-0.05, 0) is 50.5 Å². The van der Waals surface area contributed by atoms with Gasteiger partial charge in [0.15, 0.2) is 0 Å². The molecule has 3 heterocycles. The number of H-pyrrole nitrogens is 1. The van der Waals surface area contributed by atoms with Crippen LogP contribution in [0.2, 0.25) is 0 Å². The summed E-state index contributed by atoms with van der Waals surface area (Å²) < 4.78 is 5.49. The van der Waals surface area contributed by atoms with Crippen LogP contribution in [0.5, 0.6) is 0 Å². The molecular formula is C20H22N4O2. The van der Waals surface area contributed by atoms with E-state index in [-0.39, 0.29) is 6.09 Å². The Morgan fingerprint density at radius 3 is 2.85 bits per heavy atom. The van der Waals surface area contributed by atoms with Crippen LogP contribution in [-0.4, -0.2) is 38.1 Å². The first-order valence-electron chi connectivity index (χ1n) is 8.79. The molecule has 1 amide bonds. The van der Waals surface area contributed by atoms with E-state index in [9.17, 15) is 4.79 Å². The molecule has 1 aromatic carbocycles. The number of nitrogens with one attached hydrogen (secondary N) is 1. The standard InChI is InChI=1S/C20H22N4O2/c1-20(2,3)26-19(25)24-9-7-13-10-14(4-5-15(13)11-24)17-16-6-8-21-18(16)23-12-22-17/h4-6,8,10,12H,7,9,11H2,1-3H3,(H,21,22,23). The minimum absolute atomic E-state index is 0.253. The fourth-order valence-corrected chi connectivity index (χ4v) is 3.29. The smallest absolute Gasteiger partial charge is 0.410 e. The van der Waals surface area contributed by atoms with E-state index in [1.54, 1.807) is 11.2 Å². The third-order valence-electron chi connectivity index (χ3n) is 4.50. The number of aromatic amines is 1. The van der Waals surface area contributed by atoms with Gasteiger partial charge >= 0.3 is 6.09 Å². The van der Waals surface area contributed by atoms with E-state index < -0.39 is 5.60 Å². The number of fused-ring (bicyclic) bond motifs is 2. The molecule has 1 aliphatic heterocycles. The molecule has 134 valence electrons. The summed E-state index contributed by atoms with van der Waals surface area (Å²) in [5, 5.41) is 1.01. The molecule has 1 N–H and O–H groups in total. The summed E-state index contributed by atoms with van der Waals surface area (Å²) in [6, 6.07) is 8.32. The fraction of sp³-hybridized carbons (Fsp3) is 0.350. The molecule has 0 fully saturated rings. The Morgan fingerprint density at radius 1 is 1.19 bits per heavy atom. The van der Waals surface area contributed by atoms with Crippen molar-refractivity contribution in [2.75, 3.05) is 6.54 Å². The maximum absolute atomic E-state index is 12.3. The van der Waals surface area contributed by atoms with Crippen LogP contribution < -0.4 is 0 Å². The van der Waals surface area contributed by atoms with Gasteiger partial charge in [-0.3, -0.25) is 0 Å². The van der Waals surface area contributed by atoms with Gasteiger partial charge in [0.25, 0.3) is 0 Å². The first kappa shape index (κ1) is 16.6. The second-order valence-electron chi connectivity index (χ2n) is 7.60. The molecule has 1 aliphatic rings. The summed E-state index contributed by atoms with van der Waals surface area (Å²) in [6.07, 6.45) is 4.01. The van der Waals surface area contributed by atoms with Crippen LogP contribution in [0.4, 0.5) is 4.79 Å². The number of carbonyl (C=O) groups excluding carboxylic acids is 1. The lowest BCUT2D eigenvalue weighted by Gasteiger charge is -2.31. The summed E-state index contributed by atoms with van der Waals surface area (Å²) in [6.45, 7) is 6.90. The second-order valence-corrected chi connectivity index (χ2v) is 7.60. The summed E-state index contributed by atoms with van der Waals surface area (Å²) in [7, 11) is 0. The maximum Gasteiger partial charge on any atom is 0.410 e. The van der Waals surface area contributed by atoms with Gasteiger partial charge in [-0.15, -0.1) is 0 Å². The quantitative estimate of drug-likeness (QED) is 0.722. The Morgan fingerprint density at radius 2 is 2.04 bits per heavy atom. The zero-order chi connectivity index (χ0) is 18.3. The Hall–Kier alpha value is -2.89. The second kappa shape index (κ2) is 6.12. The summed E-state index contributed by atoms with van der Waals surface area (Å²) in [5.74, 6) is 0. The lowest BCUT2D eigenvalue weighted by molar-refractivity contribution is 0.0224. The molecule has 0 atom stereocenters. The zero-order valence-electron chi connectivity index (χ0n) is 15.2. The van der Waals surface area contributed by atoms with Crippen molar-refractivity contribution in [3.05, 3.63) is 47.9 Å². The number of amides is 1. The van der Waals surface area contributed by atoms with E-state index in [1.165, 1.54) is 5.56 Å². The molecule has 6 nitrogen and oxygen atoms in total. The fourth-order valence-electron chi connectivity index (χ4n) is 3.29. The molecule has 0 bridgehead atoms. The van der Waals surface area contributed by atoms with Crippen LogP contribution in [-0.2, 0) is 17.7 Å². The van der Waals surface area contributed by atoms with Crippen molar-refractivity contribution in [2.24, 2.45) is 0 Å². The molecule has 0 saturated carbocycles. The lowest BCUT2D eigenvalue weighted by atomic mass is 9.96. The number of nitrogens with zero attached hydrogens (tertiary/aromatic N) is 3. The third kappa shape index (κ3) is 3.14. The van der Waals surface area contributed by atoms with Crippen LogP contribution >= 0.6 is 0 Å². The Labute approximate surface area is 152 Å². The molecule has 4 rings (SSSR count). The van der Waals surface area contributed by atoms with Crippen LogP contribution in [0, 0.1) is 0 Å². The lowest BCUT2D eigenvalue weighted by Crippen LogP contribution is -2.39. The van der Waals surface area contributed by atoms with Gasteiger partial charge in [-0.1, -0.05) is 12.1 Å². The highest BCUT2D eigenvalue weighted by Gasteiger charge is 2.26. The minimum Gasteiger partial charge on any atom is -0.444 e. The van der Waals surface area contributed by atoms with Gasteiger partial charge in [0.1, 0.15) is 17.6 Å². The molecule has 0 radical (unpaired) electrons.